The van der Waals surface area contributed by atoms with Crippen LogP contribution in [0.5, 0.6) is 0 Å². The number of rotatable bonds is 4. The summed E-state index contributed by atoms with van der Waals surface area (Å²) in [6.07, 6.45) is 1.95. The van der Waals surface area contributed by atoms with Gasteiger partial charge in [0.15, 0.2) is 11.6 Å². The summed E-state index contributed by atoms with van der Waals surface area (Å²) in [6, 6.07) is 2.56. The molecule has 0 N–H and O–H groups in total. The van der Waals surface area contributed by atoms with Gasteiger partial charge in [-0.2, -0.15) is 11.8 Å². The van der Waals surface area contributed by atoms with Crippen molar-refractivity contribution in [2.24, 2.45) is 0 Å². The van der Waals surface area contributed by atoms with Crippen LogP contribution in [0.15, 0.2) is 12.1 Å². The molecule has 1 aromatic heterocycles. The Kier molecular flexibility index (Phi) is 3.89. The summed E-state index contributed by atoms with van der Waals surface area (Å²) in [6.45, 7) is 0.570. The zero-order valence-corrected chi connectivity index (χ0v) is 10.8. The number of alkyl halides is 1. The van der Waals surface area contributed by atoms with E-state index in [0.717, 1.165) is 11.8 Å². The maximum atomic E-state index is 13.7. The van der Waals surface area contributed by atoms with Gasteiger partial charge in [0.1, 0.15) is 11.3 Å². The lowest BCUT2D eigenvalue weighted by atomic mass is 10.3. The van der Waals surface area contributed by atoms with Crippen molar-refractivity contribution in [3.8, 4) is 0 Å². The van der Waals surface area contributed by atoms with Crippen molar-refractivity contribution < 1.29 is 8.78 Å². The lowest BCUT2D eigenvalue weighted by molar-refractivity contribution is 0.511. The lowest BCUT2D eigenvalue weighted by Crippen LogP contribution is -2.05. The monoisotopic (exact) mass is 276 g/mol. The van der Waals surface area contributed by atoms with E-state index >= 15 is 0 Å². The topological polar surface area (TPSA) is 17.8 Å². The summed E-state index contributed by atoms with van der Waals surface area (Å²) >= 11 is 7.40. The molecule has 6 heteroatoms. The van der Waals surface area contributed by atoms with Gasteiger partial charge >= 0.3 is 0 Å². The number of hydrogen-bond acceptors (Lipinski definition) is 2. The molecule has 0 atom stereocenters. The molecule has 92 valence electrons. The molecule has 2 nitrogen and oxygen atoms in total. The van der Waals surface area contributed by atoms with Crippen molar-refractivity contribution in [1.29, 1.82) is 0 Å². The molecule has 1 heterocycles. The molecule has 1 aromatic carbocycles. The molecule has 0 aliphatic heterocycles. The minimum absolute atomic E-state index is 0.185. The first-order chi connectivity index (χ1) is 8.19. The van der Waals surface area contributed by atoms with Crippen LogP contribution >= 0.6 is 23.4 Å². The van der Waals surface area contributed by atoms with E-state index in [0.29, 0.717) is 17.9 Å². The number of hydrogen-bond donors (Lipinski definition) is 0. The van der Waals surface area contributed by atoms with Gasteiger partial charge in [-0.15, -0.1) is 11.6 Å². The molecule has 0 spiro atoms. The predicted molar refractivity (Wildman–Crippen MR) is 67.6 cm³/mol. The third-order valence-electron chi connectivity index (χ3n) is 2.52. The summed E-state index contributed by atoms with van der Waals surface area (Å²) in [4.78, 5) is 4.20. The highest BCUT2D eigenvalue weighted by Gasteiger charge is 2.16. The second-order valence-corrected chi connectivity index (χ2v) is 4.79. The third kappa shape index (κ3) is 2.26. The van der Waals surface area contributed by atoms with E-state index < -0.39 is 11.6 Å². The van der Waals surface area contributed by atoms with Gasteiger partial charge < -0.3 is 4.57 Å². The Labute approximate surface area is 107 Å². The summed E-state index contributed by atoms with van der Waals surface area (Å²) < 4.78 is 28.6. The second kappa shape index (κ2) is 5.23. The predicted octanol–water partition coefficient (Wildman–Crippen LogP) is 3.42. The van der Waals surface area contributed by atoms with Gasteiger partial charge in [0.2, 0.25) is 0 Å². The van der Waals surface area contributed by atoms with Crippen LogP contribution in [0.4, 0.5) is 8.78 Å². The first-order valence-corrected chi connectivity index (χ1v) is 7.00. The van der Waals surface area contributed by atoms with Crippen LogP contribution in [0.1, 0.15) is 5.82 Å². The molecule has 17 heavy (non-hydrogen) atoms. The van der Waals surface area contributed by atoms with Gasteiger partial charge in [0.05, 0.1) is 11.4 Å². The SMILES string of the molecule is CSCCn1c(CCl)nc2ccc(F)c(F)c21. The Morgan fingerprint density at radius 2 is 2.18 bits per heavy atom. The van der Waals surface area contributed by atoms with E-state index in [9.17, 15) is 8.78 Å². The molecule has 0 bridgehead atoms. The van der Waals surface area contributed by atoms with Crippen LogP contribution < -0.4 is 0 Å². The summed E-state index contributed by atoms with van der Waals surface area (Å²) in [7, 11) is 0. The highest BCUT2D eigenvalue weighted by atomic mass is 35.5. The Morgan fingerprint density at radius 1 is 1.41 bits per heavy atom. The number of benzene rings is 1. The van der Waals surface area contributed by atoms with E-state index in [1.807, 2.05) is 6.26 Å². The van der Waals surface area contributed by atoms with Crippen molar-refractivity contribution >= 4 is 34.4 Å². The Morgan fingerprint density at radius 3 is 2.82 bits per heavy atom. The van der Waals surface area contributed by atoms with Crippen molar-refractivity contribution in [2.45, 2.75) is 12.4 Å². The molecule has 0 unspecified atom stereocenters. The summed E-state index contributed by atoms with van der Waals surface area (Å²) in [5.41, 5.74) is 0.648. The van der Waals surface area contributed by atoms with Crippen LogP contribution in [-0.4, -0.2) is 21.6 Å². The third-order valence-corrected chi connectivity index (χ3v) is 3.35. The zero-order valence-electron chi connectivity index (χ0n) is 9.21. The second-order valence-electron chi connectivity index (χ2n) is 3.54. The van der Waals surface area contributed by atoms with E-state index in [-0.39, 0.29) is 11.4 Å². The minimum atomic E-state index is -0.857. The number of nitrogens with zero attached hydrogens (tertiary/aromatic N) is 2. The molecule has 2 rings (SSSR count). The van der Waals surface area contributed by atoms with Crippen molar-refractivity contribution in [1.82, 2.24) is 9.55 Å². The highest BCUT2D eigenvalue weighted by Crippen LogP contribution is 2.23. The average Bonchev–Trinajstić information content (AvgIpc) is 2.70. The zero-order chi connectivity index (χ0) is 12.4. The molecule has 0 radical (unpaired) electrons. The van der Waals surface area contributed by atoms with Gasteiger partial charge in [-0.3, -0.25) is 0 Å². The molecule has 0 fully saturated rings. The Balaban J connectivity index is 2.63. The van der Waals surface area contributed by atoms with Crippen molar-refractivity contribution in [2.75, 3.05) is 12.0 Å². The van der Waals surface area contributed by atoms with Crippen LogP contribution in [0.25, 0.3) is 11.0 Å². The number of fused-ring (bicyclic) bond motifs is 1. The molecule has 0 saturated carbocycles. The fourth-order valence-corrected chi connectivity index (χ4v) is 2.30. The van der Waals surface area contributed by atoms with Gasteiger partial charge in [0, 0.05) is 12.3 Å². The first kappa shape index (κ1) is 12.6. The van der Waals surface area contributed by atoms with Gasteiger partial charge in [-0.1, -0.05) is 0 Å². The van der Waals surface area contributed by atoms with Crippen LogP contribution in [0.2, 0.25) is 0 Å². The maximum Gasteiger partial charge on any atom is 0.184 e. The van der Waals surface area contributed by atoms with E-state index in [1.54, 1.807) is 16.3 Å². The molecule has 0 aliphatic carbocycles. The van der Waals surface area contributed by atoms with E-state index in [4.69, 9.17) is 11.6 Å². The standard InChI is InChI=1S/C11H11ClF2N2S/c1-17-5-4-16-9(6-12)15-8-3-2-7(13)10(14)11(8)16/h2-3H,4-6H2,1H3. The van der Waals surface area contributed by atoms with E-state index in [2.05, 4.69) is 4.98 Å². The maximum absolute atomic E-state index is 13.7. The van der Waals surface area contributed by atoms with Crippen molar-refractivity contribution in [3.05, 3.63) is 29.6 Å². The summed E-state index contributed by atoms with van der Waals surface area (Å²) in [5.74, 6) is -0.160. The molecule has 2 aromatic rings. The molecule has 0 saturated heterocycles. The Hall–Kier alpha value is -0.810. The lowest BCUT2D eigenvalue weighted by Gasteiger charge is -2.06. The van der Waals surface area contributed by atoms with Crippen LogP contribution in [-0.2, 0) is 12.4 Å². The number of halogens is 3. The molecular weight excluding hydrogens is 266 g/mol. The van der Waals surface area contributed by atoms with Crippen LogP contribution in [0, 0.1) is 11.6 Å². The number of imidazole rings is 1. The average molecular weight is 277 g/mol. The van der Waals surface area contributed by atoms with Gasteiger partial charge in [0.25, 0.3) is 0 Å². The van der Waals surface area contributed by atoms with Gasteiger partial charge in [-0.25, -0.2) is 13.8 Å². The molecule has 0 amide bonds. The Bertz CT molecular complexity index is 542. The minimum Gasteiger partial charge on any atom is -0.324 e. The first-order valence-electron chi connectivity index (χ1n) is 5.07. The highest BCUT2D eigenvalue weighted by molar-refractivity contribution is 7.98. The number of aromatic nitrogens is 2. The fraction of sp³-hybridized carbons (Fsp3) is 0.364. The number of aryl methyl sites for hydroxylation is 1. The van der Waals surface area contributed by atoms with Crippen molar-refractivity contribution in [3.63, 3.8) is 0 Å². The molecule has 0 aliphatic rings. The van der Waals surface area contributed by atoms with E-state index in [1.165, 1.54) is 6.07 Å². The fourth-order valence-electron chi connectivity index (χ4n) is 1.73. The smallest absolute Gasteiger partial charge is 0.184 e. The number of thioether (sulfide) groups is 1. The van der Waals surface area contributed by atoms with Crippen LogP contribution in [0.3, 0.4) is 0 Å². The molecular formula is C11H11ClF2N2S. The normalized spacial score (nSPS) is 11.3. The van der Waals surface area contributed by atoms with Gasteiger partial charge in [-0.05, 0) is 18.4 Å². The quantitative estimate of drug-likeness (QED) is 0.797. The largest absolute Gasteiger partial charge is 0.324 e. The summed E-state index contributed by atoms with van der Waals surface area (Å²) in [5, 5.41) is 0.